The highest BCUT2D eigenvalue weighted by atomic mass is 19.4. The Balaban J connectivity index is 1.27. The molecule has 12 heteroatoms. The fourth-order valence-electron chi connectivity index (χ4n) is 4.31. The first kappa shape index (κ1) is 25.8. The summed E-state index contributed by atoms with van der Waals surface area (Å²) in [6.45, 7) is 4.62. The van der Waals surface area contributed by atoms with Crippen molar-refractivity contribution in [3.8, 4) is 6.07 Å². The van der Waals surface area contributed by atoms with Crippen molar-refractivity contribution in [3.05, 3.63) is 64.7 Å². The molecule has 36 heavy (non-hydrogen) atoms. The number of benzene rings is 2. The highest BCUT2D eigenvalue weighted by Gasteiger charge is 2.39. The van der Waals surface area contributed by atoms with Crippen LogP contribution in [-0.4, -0.2) is 66.0 Å². The van der Waals surface area contributed by atoms with Gasteiger partial charge in [0.2, 0.25) is 0 Å². The summed E-state index contributed by atoms with van der Waals surface area (Å²) in [6, 6.07) is 9.87. The van der Waals surface area contributed by atoms with Crippen molar-refractivity contribution in [2.24, 2.45) is 0 Å². The van der Waals surface area contributed by atoms with Crippen LogP contribution in [0.1, 0.15) is 22.3 Å². The van der Waals surface area contributed by atoms with E-state index in [1.165, 1.54) is 4.90 Å². The van der Waals surface area contributed by atoms with Crippen molar-refractivity contribution in [3.63, 3.8) is 0 Å². The fourth-order valence-corrected chi connectivity index (χ4v) is 4.31. The molecule has 0 unspecified atom stereocenters. The number of likely N-dealkylation sites (tertiary alicyclic amines) is 1. The third-order valence-corrected chi connectivity index (χ3v) is 6.40. The van der Waals surface area contributed by atoms with Crippen molar-refractivity contribution >= 4 is 11.7 Å². The Morgan fingerprint density at radius 1 is 0.917 bits per heavy atom. The number of carbonyl (C=O) groups excluding carboxylic acids is 1. The van der Waals surface area contributed by atoms with E-state index in [9.17, 15) is 31.1 Å². The van der Waals surface area contributed by atoms with Gasteiger partial charge in [0.1, 0.15) is 0 Å². The van der Waals surface area contributed by atoms with Gasteiger partial charge in [0.15, 0.2) is 0 Å². The molecule has 2 aromatic carbocycles. The lowest BCUT2D eigenvalue weighted by atomic mass is 10.1. The number of nitriles is 1. The number of nitrogens with one attached hydrogen (secondary N) is 1. The second-order valence-electron chi connectivity index (χ2n) is 8.90. The molecule has 2 heterocycles. The average Bonchev–Trinajstić information content (AvgIpc) is 2.78. The van der Waals surface area contributed by atoms with E-state index in [1.807, 2.05) is 12.1 Å². The Bertz CT molecular complexity index is 1100. The van der Waals surface area contributed by atoms with Gasteiger partial charge >= 0.3 is 18.4 Å². The van der Waals surface area contributed by atoms with E-state index in [2.05, 4.69) is 21.2 Å². The highest BCUT2D eigenvalue weighted by molar-refractivity contribution is 5.90. The molecule has 0 bridgehead atoms. The number of rotatable bonds is 4. The molecule has 0 aromatic heterocycles. The van der Waals surface area contributed by atoms with E-state index in [4.69, 9.17) is 5.26 Å². The van der Waals surface area contributed by atoms with Crippen LogP contribution in [-0.2, 0) is 18.9 Å². The van der Waals surface area contributed by atoms with Gasteiger partial charge in [-0.15, -0.1) is 0 Å². The Kier molecular flexibility index (Phi) is 7.15. The van der Waals surface area contributed by atoms with E-state index in [0.29, 0.717) is 30.8 Å². The fraction of sp³-hybridized carbons (Fsp3) is 0.417. The zero-order valence-electron chi connectivity index (χ0n) is 19.0. The van der Waals surface area contributed by atoms with E-state index >= 15 is 0 Å². The maximum Gasteiger partial charge on any atom is 0.416 e. The Labute approximate surface area is 203 Å². The lowest BCUT2D eigenvalue weighted by Gasteiger charge is -2.48. The summed E-state index contributed by atoms with van der Waals surface area (Å²) in [4.78, 5) is 18.3. The molecule has 2 aliphatic heterocycles. The summed E-state index contributed by atoms with van der Waals surface area (Å²) in [5.41, 5.74) is -1.80. The van der Waals surface area contributed by atoms with Crippen molar-refractivity contribution in [1.82, 2.24) is 14.7 Å². The van der Waals surface area contributed by atoms with Gasteiger partial charge in [0.05, 0.1) is 22.8 Å². The molecule has 6 nitrogen and oxygen atoms in total. The van der Waals surface area contributed by atoms with E-state index in [1.54, 1.807) is 12.1 Å². The first-order valence-corrected chi connectivity index (χ1v) is 11.2. The lowest BCUT2D eigenvalue weighted by Crippen LogP contribution is -2.64. The molecule has 0 radical (unpaired) electrons. The summed E-state index contributed by atoms with van der Waals surface area (Å²) in [5.74, 6) is 0. The normalized spacial score (nSPS) is 18.0. The third-order valence-electron chi connectivity index (χ3n) is 6.40. The molecule has 0 spiro atoms. The lowest BCUT2D eigenvalue weighted by molar-refractivity contribution is -0.143. The van der Waals surface area contributed by atoms with Gasteiger partial charge in [-0.2, -0.15) is 31.6 Å². The summed E-state index contributed by atoms with van der Waals surface area (Å²) in [7, 11) is 0. The first-order chi connectivity index (χ1) is 16.9. The van der Waals surface area contributed by atoms with Crippen LogP contribution in [0.4, 0.5) is 36.8 Å². The van der Waals surface area contributed by atoms with E-state index in [-0.39, 0.29) is 12.1 Å². The molecule has 1 N–H and O–H groups in total. The number of halogens is 6. The van der Waals surface area contributed by atoms with Crippen LogP contribution in [0.25, 0.3) is 0 Å². The van der Waals surface area contributed by atoms with Crippen molar-refractivity contribution < 1.29 is 31.1 Å². The molecule has 4 rings (SSSR count). The molecule has 2 aliphatic rings. The quantitative estimate of drug-likeness (QED) is 0.609. The predicted molar refractivity (Wildman–Crippen MR) is 119 cm³/mol. The summed E-state index contributed by atoms with van der Waals surface area (Å²) in [5, 5.41) is 11.1. The second kappa shape index (κ2) is 9.99. The zero-order valence-corrected chi connectivity index (χ0v) is 19.0. The van der Waals surface area contributed by atoms with E-state index < -0.39 is 35.2 Å². The van der Waals surface area contributed by atoms with Crippen molar-refractivity contribution in [1.29, 1.82) is 5.26 Å². The van der Waals surface area contributed by atoms with Crippen molar-refractivity contribution in [2.75, 3.05) is 44.6 Å². The number of amides is 2. The maximum absolute atomic E-state index is 13.0. The van der Waals surface area contributed by atoms with Gasteiger partial charge in [-0.3, -0.25) is 9.80 Å². The highest BCUT2D eigenvalue weighted by Crippen LogP contribution is 2.37. The number of anilines is 1. The number of nitrogens with zero attached hydrogens (tertiary/aromatic N) is 4. The number of piperazine rings is 1. The molecule has 2 fully saturated rings. The zero-order chi connectivity index (χ0) is 26.1. The predicted octanol–water partition coefficient (Wildman–Crippen LogP) is 4.63. The number of urea groups is 1. The molecule has 192 valence electrons. The smallest absolute Gasteiger partial charge is 0.321 e. The minimum atomic E-state index is -4.98. The van der Waals surface area contributed by atoms with Crippen LogP contribution in [0.15, 0.2) is 42.5 Å². The van der Waals surface area contributed by atoms with Crippen LogP contribution in [0.5, 0.6) is 0 Å². The first-order valence-electron chi connectivity index (χ1n) is 11.2. The van der Waals surface area contributed by atoms with Crippen LogP contribution in [0.3, 0.4) is 0 Å². The van der Waals surface area contributed by atoms with E-state index in [0.717, 1.165) is 38.3 Å². The Morgan fingerprint density at radius 2 is 1.47 bits per heavy atom. The van der Waals surface area contributed by atoms with Crippen LogP contribution in [0, 0.1) is 11.3 Å². The largest absolute Gasteiger partial charge is 0.416 e. The number of hydrogen-bond donors (Lipinski definition) is 1. The monoisotopic (exact) mass is 511 g/mol. The topological polar surface area (TPSA) is 62.6 Å². The van der Waals surface area contributed by atoms with Gasteiger partial charge in [-0.1, -0.05) is 12.1 Å². The number of hydrogen-bond acceptors (Lipinski definition) is 4. The number of alkyl halides is 6. The minimum Gasteiger partial charge on any atom is -0.321 e. The van der Waals surface area contributed by atoms with Crippen molar-refractivity contribution in [2.45, 2.75) is 24.9 Å². The standard InChI is InChI=1S/C24H23F6N5O/c25-23(26,27)18-9-19(24(28,29)30)11-20(10-18)32-22(36)35-14-21(15-35)34-7-5-33(6-8-34)13-17-3-1-16(12-31)2-4-17/h1-4,9-11,21H,5-8,13-15H2,(H,32,36). The molecule has 2 aromatic rings. The molecule has 2 saturated heterocycles. The summed E-state index contributed by atoms with van der Waals surface area (Å²) < 4.78 is 78.2. The molecule has 2 amide bonds. The summed E-state index contributed by atoms with van der Waals surface area (Å²) >= 11 is 0. The third kappa shape index (κ3) is 6.09. The van der Waals surface area contributed by atoms with Crippen LogP contribution in [0.2, 0.25) is 0 Å². The minimum absolute atomic E-state index is 0.0241. The molecule has 0 atom stereocenters. The van der Waals surface area contributed by atoms with Gasteiger partial charge < -0.3 is 10.2 Å². The summed E-state index contributed by atoms with van der Waals surface area (Å²) in [6.07, 6.45) is -9.96. The molecule has 0 aliphatic carbocycles. The van der Waals surface area contributed by atoms with Gasteiger partial charge in [-0.25, -0.2) is 4.79 Å². The molecular formula is C24H23F6N5O. The van der Waals surface area contributed by atoms with Gasteiger partial charge in [0, 0.05) is 57.5 Å². The van der Waals surface area contributed by atoms with Gasteiger partial charge in [-0.05, 0) is 35.9 Å². The second-order valence-corrected chi connectivity index (χ2v) is 8.90. The maximum atomic E-state index is 13.0. The Morgan fingerprint density at radius 3 is 1.97 bits per heavy atom. The molecule has 0 saturated carbocycles. The van der Waals surface area contributed by atoms with Crippen LogP contribution >= 0.6 is 0 Å². The SMILES string of the molecule is N#Cc1ccc(CN2CCN(C3CN(C(=O)Nc4cc(C(F)(F)F)cc(C(F)(F)F)c4)C3)CC2)cc1. The van der Waals surface area contributed by atoms with Crippen LogP contribution < -0.4 is 5.32 Å². The Hall–Kier alpha value is -3.30. The van der Waals surface area contributed by atoms with Gasteiger partial charge in [0.25, 0.3) is 0 Å². The molecular weight excluding hydrogens is 488 g/mol. The number of carbonyl (C=O) groups is 1. The average molecular weight is 511 g/mol.